The van der Waals surface area contributed by atoms with Crippen LogP contribution in [0.2, 0.25) is 0 Å². The Morgan fingerprint density at radius 2 is 1.71 bits per heavy atom. The van der Waals surface area contributed by atoms with Gasteiger partial charge in [0, 0.05) is 19.2 Å². The van der Waals surface area contributed by atoms with Crippen LogP contribution in [0.1, 0.15) is 38.8 Å². The second kappa shape index (κ2) is 6.07. The molecule has 0 aromatic carbocycles. The fraction of sp³-hybridized carbons (Fsp3) is 0.714. The number of halogens is 3. The monoisotopic (exact) mass is 302 g/mol. The number of anilines is 2. The van der Waals surface area contributed by atoms with Crippen molar-refractivity contribution in [2.24, 2.45) is 11.8 Å². The van der Waals surface area contributed by atoms with Crippen LogP contribution in [-0.4, -0.2) is 23.1 Å². The van der Waals surface area contributed by atoms with Crippen molar-refractivity contribution in [3.8, 4) is 0 Å². The normalized spacial score (nSPS) is 26.5. The minimum absolute atomic E-state index is 0.0239. The lowest BCUT2D eigenvalue weighted by atomic mass is 9.80. The minimum atomic E-state index is -4.47. The van der Waals surface area contributed by atoms with E-state index < -0.39 is 11.9 Å². The first-order valence-corrected chi connectivity index (χ1v) is 7.18. The van der Waals surface area contributed by atoms with Gasteiger partial charge in [-0.2, -0.15) is 18.2 Å². The van der Waals surface area contributed by atoms with E-state index in [1.165, 1.54) is 7.05 Å². The van der Waals surface area contributed by atoms with Gasteiger partial charge in [0.15, 0.2) is 5.69 Å². The smallest absolute Gasteiger partial charge is 0.367 e. The molecule has 1 aromatic rings. The van der Waals surface area contributed by atoms with Crippen LogP contribution in [0.4, 0.5) is 24.9 Å². The Morgan fingerprint density at radius 1 is 1.10 bits per heavy atom. The van der Waals surface area contributed by atoms with Gasteiger partial charge in [0.25, 0.3) is 0 Å². The summed E-state index contributed by atoms with van der Waals surface area (Å²) in [5.41, 5.74) is -0.929. The first kappa shape index (κ1) is 15.9. The van der Waals surface area contributed by atoms with Gasteiger partial charge in [-0.25, -0.2) is 4.98 Å². The van der Waals surface area contributed by atoms with Crippen LogP contribution in [0.25, 0.3) is 0 Å². The highest BCUT2D eigenvalue weighted by molar-refractivity contribution is 5.43. The second-order valence-electron chi connectivity index (χ2n) is 5.97. The maximum absolute atomic E-state index is 12.8. The molecule has 0 aliphatic heterocycles. The summed E-state index contributed by atoms with van der Waals surface area (Å²) in [5.74, 6) is 1.34. The number of alkyl halides is 3. The summed E-state index contributed by atoms with van der Waals surface area (Å²) in [4.78, 5) is 7.54. The Morgan fingerprint density at radius 3 is 2.24 bits per heavy atom. The summed E-state index contributed by atoms with van der Waals surface area (Å²) in [5, 5.41) is 5.71. The van der Waals surface area contributed by atoms with Crippen molar-refractivity contribution in [1.82, 2.24) is 9.97 Å². The Hall–Kier alpha value is -1.53. The standard InChI is InChI=1S/C14H21F3N4/c1-8-4-9(2)6-10(5-8)19-12-7-11(14(15,16)17)20-13(18-3)21-12/h7-10H,4-6H2,1-3H3,(H2,18,19,20,21). The van der Waals surface area contributed by atoms with E-state index in [1.54, 1.807) is 0 Å². The summed E-state index contributed by atoms with van der Waals surface area (Å²) >= 11 is 0. The molecule has 2 atom stereocenters. The van der Waals surface area contributed by atoms with Gasteiger partial charge in [0.1, 0.15) is 5.82 Å². The molecule has 2 unspecified atom stereocenters. The van der Waals surface area contributed by atoms with Crippen LogP contribution < -0.4 is 10.6 Å². The predicted octanol–water partition coefficient (Wildman–Crippen LogP) is 3.77. The number of nitrogens with one attached hydrogen (secondary N) is 2. The average molecular weight is 302 g/mol. The molecule has 0 radical (unpaired) electrons. The van der Waals surface area contributed by atoms with E-state index >= 15 is 0 Å². The maximum atomic E-state index is 12.8. The largest absolute Gasteiger partial charge is 0.433 e. The lowest BCUT2D eigenvalue weighted by Gasteiger charge is -2.32. The highest BCUT2D eigenvalue weighted by atomic mass is 19.4. The van der Waals surface area contributed by atoms with Gasteiger partial charge in [0.05, 0.1) is 0 Å². The van der Waals surface area contributed by atoms with E-state index in [0.717, 1.165) is 25.3 Å². The van der Waals surface area contributed by atoms with Crippen molar-refractivity contribution >= 4 is 11.8 Å². The molecule has 1 aliphatic carbocycles. The average Bonchev–Trinajstić information content (AvgIpc) is 2.36. The van der Waals surface area contributed by atoms with Crippen molar-refractivity contribution in [2.45, 2.75) is 45.3 Å². The third-order valence-electron chi connectivity index (χ3n) is 3.77. The van der Waals surface area contributed by atoms with Gasteiger partial charge in [-0.15, -0.1) is 0 Å². The molecule has 0 bridgehead atoms. The molecule has 1 aromatic heterocycles. The van der Waals surface area contributed by atoms with E-state index in [2.05, 4.69) is 34.4 Å². The zero-order chi connectivity index (χ0) is 15.6. The molecule has 0 spiro atoms. The summed E-state index contributed by atoms with van der Waals surface area (Å²) in [6.45, 7) is 4.34. The fourth-order valence-electron chi connectivity index (χ4n) is 3.05. The minimum Gasteiger partial charge on any atom is -0.367 e. The van der Waals surface area contributed by atoms with Crippen LogP contribution in [0.15, 0.2) is 6.07 Å². The van der Waals surface area contributed by atoms with E-state index in [1.807, 2.05) is 0 Å². The van der Waals surface area contributed by atoms with E-state index in [0.29, 0.717) is 11.8 Å². The molecule has 1 aliphatic rings. The van der Waals surface area contributed by atoms with Crippen molar-refractivity contribution < 1.29 is 13.2 Å². The SMILES string of the molecule is CNc1nc(NC2CC(C)CC(C)C2)cc(C(F)(F)F)n1. The third kappa shape index (κ3) is 4.22. The zero-order valence-electron chi connectivity index (χ0n) is 12.5. The molecule has 2 rings (SSSR count). The van der Waals surface area contributed by atoms with Crippen molar-refractivity contribution in [2.75, 3.05) is 17.7 Å². The molecule has 1 saturated carbocycles. The topological polar surface area (TPSA) is 49.8 Å². The number of hydrogen-bond acceptors (Lipinski definition) is 4. The lowest BCUT2D eigenvalue weighted by molar-refractivity contribution is -0.141. The molecule has 1 fully saturated rings. The van der Waals surface area contributed by atoms with E-state index in [4.69, 9.17) is 0 Å². The highest BCUT2D eigenvalue weighted by Gasteiger charge is 2.34. The molecule has 0 saturated heterocycles. The molecule has 4 nitrogen and oxygen atoms in total. The van der Waals surface area contributed by atoms with E-state index in [-0.39, 0.29) is 17.8 Å². The van der Waals surface area contributed by atoms with Crippen LogP contribution in [-0.2, 0) is 6.18 Å². The van der Waals surface area contributed by atoms with Crippen molar-refractivity contribution in [1.29, 1.82) is 0 Å². The Balaban J connectivity index is 2.19. The molecule has 2 N–H and O–H groups in total. The summed E-state index contributed by atoms with van der Waals surface area (Å²) < 4.78 is 38.5. The molecule has 118 valence electrons. The number of rotatable bonds is 3. The Labute approximate surface area is 122 Å². The zero-order valence-corrected chi connectivity index (χ0v) is 12.5. The van der Waals surface area contributed by atoms with E-state index in [9.17, 15) is 13.2 Å². The van der Waals surface area contributed by atoms with Gasteiger partial charge >= 0.3 is 6.18 Å². The number of hydrogen-bond donors (Lipinski definition) is 2. The third-order valence-corrected chi connectivity index (χ3v) is 3.77. The van der Waals surface area contributed by atoms with Gasteiger partial charge in [-0.3, -0.25) is 0 Å². The summed E-state index contributed by atoms with van der Waals surface area (Å²) in [7, 11) is 1.50. The van der Waals surface area contributed by atoms with Crippen molar-refractivity contribution in [3.63, 3.8) is 0 Å². The summed E-state index contributed by atoms with van der Waals surface area (Å²) in [6.07, 6.45) is -1.41. The molecular weight excluding hydrogens is 281 g/mol. The van der Waals surface area contributed by atoms with Crippen LogP contribution in [0.3, 0.4) is 0 Å². The van der Waals surface area contributed by atoms with Crippen molar-refractivity contribution in [3.05, 3.63) is 11.8 Å². The molecular formula is C14H21F3N4. The maximum Gasteiger partial charge on any atom is 0.433 e. The van der Waals surface area contributed by atoms with Gasteiger partial charge in [-0.1, -0.05) is 13.8 Å². The second-order valence-corrected chi connectivity index (χ2v) is 5.97. The van der Waals surface area contributed by atoms with Crippen LogP contribution >= 0.6 is 0 Å². The first-order chi connectivity index (χ1) is 9.77. The molecule has 7 heteroatoms. The Bertz CT molecular complexity index is 480. The fourth-order valence-corrected chi connectivity index (χ4v) is 3.05. The van der Waals surface area contributed by atoms with Gasteiger partial charge in [0.2, 0.25) is 5.95 Å². The highest BCUT2D eigenvalue weighted by Crippen LogP contribution is 2.32. The van der Waals surface area contributed by atoms with Gasteiger partial charge in [-0.05, 0) is 31.1 Å². The van der Waals surface area contributed by atoms with Crippen LogP contribution in [0.5, 0.6) is 0 Å². The quantitative estimate of drug-likeness (QED) is 0.892. The van der Waals surface area contributed by atoms with Crippen LogP contribution in [0, 0.1) is 11.8 Å². The Kier molecular flexibility index (Phi) is 4.58. The molecule has 21 heavy (non-hydrogen) atoms. The molecule has 1 heterocycles. The predicted molar refractivity (Wildman–Crippen MR) is 76.2 cm³/mol. The first-order valence-electron chi connectivity index (χ1n) is 7.18. The summed E-state index contributed by atoms with van der Waals surface area (Å²) in [6, 6.07) is 1.13. The lowest BCUT2D eigenvalue weighted by Crippen LogP contribution is -2.30. The number of nitrogens with zero attached hydrogens (tertiary/aromatic N) is 2. The van der Waals surface area contributed by atoms with Gasteiger partial charge < -0.3 is 10.6 Å². The molecule has 0 amide bonds. The number of aromatic nitrogens is 2.